The molecule has 0 aliphatic carbocycles. The Hall–Kier alpha value is -1.04. The number of nitrogens with two attached hydrogens (primary N) is 1. The minimum atomic E-state index is 0.660. The van der Waals surface area contributed by atoms with Gasteiger partial charge in [-0.15, -0.1) is 0 Å². The third-order valence-corrected chi connectivity index (χ3v) is 2.18. The minimum Gasteiger partial charge on any atom is -0.271 e. The highest BCUT2D eigenvalue weighted by Crippen LogP contribution is 2.12. The number of fused-ring (bicyclic) bond motifs is 1. The van der Waals surface area contributed by atoms with Gasteiger partial charge in [0.05, 0.1) is 11.7 Å². The van der Waals surface area contributed by atoms with Crippen molar-refractivity contribution >= 4 is 22.8 Å². The Morgan fingerprint density at radius 1 is 1.33 bits per heavy atom. The smallest absolute Gasteiger partial charge is 0.105 e. The zero-order valence-electron chi connectivity index (χ0n) is 6.32. The van der Waals surface area contributed by atoms with Crippen LogP contribution in [0.4, 0.5) is 0 Å². The number of hydrogen-bond donors (Lipinski definition) is 2. The molecule has 0 saturated carbocycles. The molecule has 2 rings (SSSR count). The Morgan fingerprint density at radius 2 is 2.17 bits per heavy atom. The highest BCUT2D eigenvalue weighted by Gasteiger charge is 1.98. The Morgan fingerprint density at radius 3 is 3.00 bits per heavy atom. The van der Waals surface area contributed by atoms with Crippen LogP contribution in [-0.4, -0.2) is 8.75 Å². The molecule has 62 valence electrons. The monoisotopic (exact) mass is 180 g/mol. The predicted molar refractivity (Wildman–Crippen MR) is 48.4 cm³/mol. The molecule has 1 heterocycles. The molecule has 0 bridgehead atoms. The summed E-state index contributed by atoms with van der Waals surface area (Å²) in [5.74, 6) is 5.20. The van der Waals surface area contributed by atoms with Crippen LogP contribution in [0.3, 0.4) is 0 Å². The van der Waals surface area contributed by atoms with Gasteiger partial charge in [-0.05, 0) is 17.7 Å². The number of benzene rings is 1. The molecule has 1 aromatic heterocycles. The molecule has 4 nitrogen and oxygen atoms in total. The van der Waals surface area contributed by atoms with Crippen molar-refractivity contribution in [1.82, 2.24) is 14.2 Å². The molecule has 0 aliphatic heterocycles. The maximum atomic E-state index is 5.20. The first-order valence-corrected chi connectivity index (χ1v) is 4.28. The van der Waals surface area contributed by atoms with Crippen LogP contribution >= 0.6 is 11.7 Å². The van der Waals surface area contributed by atoms with Gasteiger partial charge in [-0.25, -0.2) is 0 Å². The van der Waals surface area contributed by atoms with Crippen LogP contribution < -0.4 is 11.3 Å². The van der Waals surface area contributed by atoms with Crippen molar-refractivity contribution in [2.75, 3.05) is 0 Å². The first-order valence-electron chi connectivity index (χ1n) is 3.55. The van der Waals surface area contributed by atoms with E-state index >= 15 is 0 Å². The van der Waals surface area contributed by atoms with E-state index in [0.717, 1.165) is 16.6 Å². The van der Waals surface area contributed by atoms with Crippen LogP contribution in [0.5, 0.6) is 0 Å². The second-order valence-corrected chi connectivity index (χ2v) is 3.00. The van der Waals surface area contributed by atoms with Crippen molar-refractivity contribution < 1.29 is 0 Å². The van der Waals surface area contributed by atoms with Crippen LogP contribution in [-0.2, 0) is 6.54 Å². The van der Waals surface area contributed by atoms with Crippen molar-refractivity contribution in [3.63, 3.8) is 0 Å². The fourth-order valence-corrected chi connectivity index (χ4v) is 1.57. The topological polar surface area (TPSA) is 63.8 Å². The molecule has 0 atom stereocenters. The molecule has 1 aromatic carbocycles. The molecule has 3 N–H and O–H groups in total. The molecule has 0 fully saturated rings. The second kappa shape index (κ2) is 3.14. The molecule has 0 unspecified atom stereocenters. The second-order valence-electron chi connectivity index (χ2n) is 2.47. The average molecular weight is 180 g/mol. The molecule has 0 spiro atoms. The van der Waals surface area contributed by atoms with Gasteiger partial charge < -0.3 is 0 Å². The predicted octanol–water partition coefficient (Wildman–Crippen LogP) is 0.655. The third-order valence-electron chi connectivity index (χ3n) is 1.62. The molecule has 2 aromatic rings. The fourth-order valence-electron chi connectivity index (χ4n) is 1.06. The summed E-state index contributed by atoms with van der Waals surface area (Å²) in [7, 11) is 0. The summed E-state index contributed by atoms with van der Waals surface area (Å²) in [4.78, 5) is 0. The van der Waals surface area contributed by atoms with Gasteiger partial charge in [-0.2, -0.15) is 8.75 Å². The van der Waals surface area contributed by atoms with Gasteiger partial charge >= 0.3 is 0 Å². The summed E-state index contributed by atoms with van der Waals surface area (Å²) < 4.78 is 8.22. The van der Waals surface area contributed by atoms with E-state index in [4.69, 9.17) is 5.84 Å². The first-order chi connectivity index (χ1) is 5.90. The van der Waals surface area contributed by atoms with Crippen LogP contribution in [0, 0.1) is 0 Å². The van der Waals surface area contributed by atoms with Gasteiger partial charge in [0, 0.05) is 6.54 Å². The molecule has 0 amide bonds. The van der Waals surface area contributed by atoms with Gasteiger partial charge in [-0.3, -0.25) is 11.3 Å². The third kappa shape index (κ3) is 1.29. The zero-order chi connectivity index (χ0) is 8.39. The van der Waals surface area contributed by atoms with E-state index in [1.54, 1.807) is 0 Å². The number of rotatable bonds is 2. The van der Waals surface area contributed by atoms with Gasteiger partial charge in [0.2, 0.25) is 0 Å². The number of hydrogen-bond acceptors (Lipinski definition) is 5. The van der Waals surface area contributed by atoms with E-state index in [0.29, 0.717) is 6.54 Å². The molecule has 0 saturated heterocycles. The summed E-state index contributed by atoms with van der Waals surface area (Å²) in [6.07, 6.45) is 0. The van der Waals surface area contributed by atoms with E-state index in [9.17, 15) is 0 Å². The number of hydrazine groups is 1. The molecule has 0 aliphatic rings. The Kier molecular flexibility index (Phi) is 1.99. The maximum absolute atomic E-state index is 5.20. The largest absolute Gasteiger partial charge is 0.271 e. The van der Waals surface area contributed by atoms with Crippen LogP contribution in [0.2, 0.25) is 0 Å². The van der Waals surface area contributed by atoms with E-state index in [-0.39, 0.29) is 0 Å². The Labute approximate surface area is 73.7 Å². The maximum Gasteiger partial charge on any atom is 0.105 e. The summed E-state index contributed by atoms with van der Waals surface area (Å²) in [6.45, 7) is 0.660. The lowest BCUT2D eigenvalue weighted by molar-refractivity contribution is 0.742. The lowest BCUT2D eigenvalue weighted by Gasteiger charge is -1.97. The van der Waals surface area contributed by atoms with Crippen molar-refractivity contribution in [3.05, 3.63) is 23.8 Å². The highest BCUT2D eigenvalue weighted by molar-refractivity contribution is 7.00. The lowest BCUT2D eigenvalue weighted by atomic mass is 10.2. The standard InChI is InChI=1S/C7H8N4S/c8-9-4-5-1-2-6-7(3-5)11-12-10-6/h1-3,9H,4,8H2. The first kappa shape index (κ1) is 7.60. The molecule has 12 heavy (non-hydrogen) atoms. The Balaban J connectivity index is 2.46. The van der Waals surface area contributed by atoms with Gasteiger partial charge in [0.1, 0.15) is 11.0 Å². The fraction of sp³-hybridized carbons (Fsp3) is 0.143. The summed E-state index contributed by atoms with van der Waals surface area (Å²) >= 11 is 1.23. The van der Waals surface area contributed by atoms with Crippen molar-refractivity contribution in [3.8, 4) is 0 Å². The van der Waals surface area contributed by atoms with Gasteiger partial charge in [0.15, 0.2) is 0 Å². The van der Waals surface area contributed by atoms with Gasteiger partial charge in [-0.1, -0.05) is 6.07 Å². The molecular weight excluding hydrogens is 172 g/mol. The summed E-state index contributed by atoms with van der Waals surface area (Å²) in [5, 5.41) is 0. The number of nitrogens with zero attached hydrogens (tertiary/aromatic N) is 2. The van der Waals surface area contributed by atoms with Gasteiger partial charge in [0.25, 0.3) is 0 Å². The van der Waals surface area contributed by atoms with Crippen molar-refractivity contribution in [2.24, 2.45) is 5.84 Å². The van der Waals surface area contributed by atoms with Crippen LogP contribution in [0.25, 0.3) is 11.0 Å². The lowest BCUT2D eigenvalue weighted by Crippen LogP contribution is -2.20. The van der Waals surface area contributed by atoms with Crippen molar-refractivity contribution in [2.45, 2.75) is 6.54 Å². The SMILES string of the molecule is NNCc1ccc2nsnc2c1. The van der Waals surface area contributed by atoms with Crippen LogP contribution in [0.15, 0.2) is 18.2 Å². The summed E-state index contributed by atoms with van der Waals surface area (Å²) in [5.41, 5.74) is 5.60. The van der Waals surface area contributed by atoms with E-state index < -0.39 is 0 Å². The van der Waals surface area contributed by atoms with E-state index in [1.807, 2.05) is 18.2 Å². The van der Waals surface area contributed by atoms with E-state index in [2.05, 4.69) is 14.2 Å². The van der Waals surface area contributed by atoms with E-state index in [1.165, 1.54) is 11.7 Å². The molecular formula is C7H8N4S. The number of nitrogens with one attached hydrogen (secondary N) is 1. The zero-order valence-corrected chi connectivity index (χ0v) is 7.14. The highest BCUT2D eigenvalue weighted by atomic mass is 32.1. The average Bonchev–Trinajstić information content (AvgIpc) is 2.51. The van der Waals surface area contributed by atoms with Crippen LogP contribution in [0.1, 0.15) is 5.56 Å². The molecule has 0 radical (unpaired) electrons. The normalized spacial score (nSPS) is 10.8. The quantitative estimate of drug-likeness (QED) is 0.526. The van der Waals surface area contributed by atoms with Crippen molar-refractivity contribution in [1.29, 1.82) is 0 Å². The number of aromatic nitrogens is 2. The Bertz CT molecular complexity index is 384. The molecule has 5 heteroatoms. The minimum absolute atomic E-state index is 0.660. The summed E-state index contributed by atoms with van der Waals surface area (Å²) in [6, 6.07) is 5.92.